The van der Waals surface area contributed by atoms with Gasteiger partial charge in [-0.05, 0) is 44.2 Å². The van der Waals surface area contributed by atoms with Gasteiger partial charge in [-0.1, -0.05) is 34.3 Å². The van der Waals surface area contributed by atoms with Gasteiger partial charge < -0.3 is 4.74 Å². The normalized spacial score (nSPS) is 15.3. The van der Waals surface area contributed by atoms with Crippen molar-refractivity contribution >= 4 is 35.0 Å². The molecule has 0 spiro atoms. The van der Waals surface area contributed by atoms with Crippen LogP contribution in [0.1, 0.15) is 42.4 Å². The monoisotopic (exact) mass is 460 g/mol. The first-order valence-corrected chi connectivity index (χ1v) is 10.4. The van der Waals surface area contributed by atoms with E-state index in [0.717, 1.165) is 5.56 Å². The van der Waals surface area contributed by atoms with Crippen molar-refractivity contribution in [3.05, 3.63) is 93.2 Å². The zero-order valence-corrected chi connectivity index (χ0v) is 18.3. The van der Waals surface area contributed by atoms with Crippen LogP contribution in [-0.2, 0) is 4.74 Å². The minimum Gasteiger partial charge on any atom is -0.501 e. The van der Waals surface area contributed by atoms with Crippen molar-refractivity contribution in [2.45, 2.75) is 19.9 Å². The molecule has 4 nitrogen and oxygen atoms in total. The van der Waals surface area contributed by atoms with E-state index >= 15 is 0 Å². The van der Waals surface area contributed by atoms with Crippen LogP contribution in [0.2, 0.25) is 10.0 Å². The summed E-state index contributed by atoms with van der Waals surface area (Å²) in [6.07, 6.45) is 6.87. The molecule has 0 N–H and O–H groups in total. The summed E-state index contributed by atoms with van der Waals surface area (Å²) in [5.41, 5.74) is 1.49. The van der Waals surface area contributed by atoms with E-state index in [0.29, 0.717) is 23.7 Å². The third-order valence-corrected chi connectivity index (χ3v) is 5.66. The van der Waals surface area contributed by atoms with E-state index in [1.54, 1.807) is 37.6 Å². The number of nitrogens with zero attached hydrogens (tertiary/aromatic N) is 3. The van der Waals surface area contributed by atoms with E-state index in [9.17, 15) is 8.78 Å². The molecule has 1 atom stereocenters. The molecular formula is C23H18Cl2F2N3O+. The first-order valence-electron chi connectivity index (χ1n) is 9.63. The molecule has 8 heteroatoms. The third kappa shape index (κ3) is 3.93. The highest BCUT2D eigenvalue weighted by molar-refractivity contribution is 6.45. The molecule has 1 aromatic heterocycles. The van der Waals surface area contributed by atoms with Gasteiger partial charge in [0.05, 0.1) is 45.3 Å². The minimum atomic E-state index is -0.739. The van der Waals surface area contributed by atoms with Gasteiger partial charge in [-0.3, -0.25) is 4.99 Å². The van der Waals surface area contributed by atoms with Gasteiger partial charge >= 0.3 is 5.82 Å². The first kappa shape index (κ1) is 21.4. The van der Waals surface area contributed by atoms with E-state index in [2.05, 4.69) is 9.98 Å². The zero-order valence-electron chi connectivity index (χ0n) is 16.7. The maximum Gasteiger partial charge on any atom is 0.327 e. The second-order valence-corrected chi connectivity index (χ2v) is 7.66. The van der Waals surface area contributed by atoms with Gasteiger partial charge in [0.2, 0.25) is 0 Å². The van der Waals surface area contributed by atoms with E-state index in [-0.39, 0.29) is 21.3 Å². The Morgan fingerprint density at radius 1 is 1.13 bits per heavy atom. The number of fused-ring (bicyclic) bond motifs is 3. The van der Waals surface area contributed by atoms with Crippen LogP contribution in [0.4, 0.5) is 8.78 Å². The summed E-state index contributed by atoms with van der Waals surface area (Å²) < 4.78 is 36.6. The SMILES string of the molecule is CCO/C=C/c1cnc2[n+](c1)-c1ccc(Cl)c(Cl)c1C(c1c(F)cccc1F)=NC2C. The maximum atomic E-state index is 14.7. The van der Waals surface area contributed by atoms with Crippen LogP contribution in [-0.4, -0.2) is 17.3 Å². The summed E-state index contributed by atoms with van der Waals surface area (Å²) in [6.45, 7) is 4.23. The molecule has 1 unspecified atom stereocenters. The molecule has 0 saturated heterocycles. The maximum absolute atomic E-state index is 14.7. The Kier molecular flexibility index (Phi) is 6.03. The Bertz CT molecular complexity index is 1210. The van der Waals surface area contributed by atoms with Crippen LogP contribution in [0, 0.1) is 11.6 Å². The number of hydrogen-bond acceptors (Lipinski definition) is 3. The van der Waals surface area contributed by atoms with Crippen molar-refractivity contribution in [1.82, 2.24) is 4.98 Å². The third-order valence-electron chi connectivity index (χ3n) is 4.86. The standard InChI is InChI=1S/C23H18Cl2F2N3O/c1-3-31-10-9-14-11-28-23-13(2)29-22(19-16(26)5-4-6-17(19)27)20-18(30(23)12-14)8-7-15(24)21(20)25/h4-13H,3H2,1-2H3/q+1/b10-9+. The molecule has 0 aliphatic carbocycles. The lowest BCUT2D eigenvalue weighted by molar-refractivity contribution is -0.609. The summed E-state index contributed by atoms with van der Waals surface area (Å²) in [6, 6.07) is 6.52. The highest BCUT2D eigenvalue weighted by atomic mass is 35.5. The molecular weight excluding hydrogens is 443 g/mol. The Labute approximate surface area is 188 Å². The summed E-state index contributed by atoms with van der Waals surface area (Å²) in [4.78, 5) is 9.17. The van der Waals surface area contributed by atoms with E-state index in [1.165, 1.54) is 18.2 Å². The number of rotatable bonds is 4. The number of hydrogen-bond donors (Lipinski definition) is 0. The second kappa shape index (κ2) is 8.73. The second-order valence-electron chi connectivity index (χ2n) is 6.88. The predicted octanol–water partition coefficient (Wildman–Crippen LogP) is 5.86. The van der Waals surface area contributed by atoms with Gasteiger partial charge in [-0.15, -0.1) is 0 Å². The lowest BCUT2D eigenvalue weighted by atomic mass is 9.99. The molecule has 158 valence electrons. The van der Waals surface area contributed by atoms with E-state index < -0.39 is 17.7 Å². The summed E-state index contributed by atoms with van der Waals surface area (Å²) in [7, 11) is 0. The number of aromatic nitrogens is 2. The molecule has 0 saturated carbocycles. The van der Waals surface area contributed by atoms with Crippen molar-refractivity contribution in [3.63, 3.8) is 0 Å². The van der Waals surface area contributed by atoms with Crippen LogP contribution < -0.4 is 4.57 Å². The van der Waals surface area contributed by atoms with E-state index in [1.807, 2.05) is 17.7 Å². The fourth-order valence-corrected chi connectivity index (χ4v) is 3.87. The van der Waals surface area contributed by atoms with Crippen LogP contribution in [0.5, 0.6) is 0 Å². The van der Waals surface area contributed by atoms with Gasteiger partial charge in [0.15, 0.2) is 12.2 Å². The van der Waals surface area contributed by atoms with Crippen molar-refractivity contribution in [1.29, 1.82) is 0 Å². The molecule has 0 radical (unpaired) electrons. The Balaban J connectivity index is 2.02. The molecule has 2 heterocycles. The molecule has 1 aliphatic rings. The highest BCUT2D eigenvalue weighted by Gasteiger charge is 2.33. The fourth-order valence-electron chi connectivity index (χ4n) is 3.46. The van der Waals surface area contributed by atoms with Crippen molar-refractivity contribution in [2.75, 3.05) is 6.61 Å². The molecule has 1 aliphatic heterocycles. The largest absolute Gasteiger partial charge is 0.501 e. The van der Waals surface area contributed by atoms with Crippen LogP contribution in [0.3, 0.4) is 0 Å². The first-order chi connectivity index (χ1) is 14.9. The Morgan fingerprint density at radius 3 is 2.58 bits per heavy atom. The number of halogens is 4. The number of benzene rings is 2. The predicted molar refractivity (Wildman–Crippen MR) is 117 cm³/mol. The minimum absolute atomic E-state index is 0.0857. The summed E-state index contributed by atoms with van der Waals surface area (Å²) in [5, 5.41) is 0.408. The molecule has 4 rings (SSSR count). The van der Waals surface area contributed by atoms with Gasteiger partial charge in [0.1, 0.15) is 23.5 Å². The van der Waals surface area contributed by atoms with E-state index in [4.69, 9.17) is 27.9 Å². The van der Waals surface area contributed by atoms with Gasteiger partial charge in [0, 0.05) is 0 Å². The molecule has 0 bridgehead atoms. The van der Waals surface area contributed by atoms with Crippen molar-refractivity contribution in [2.24, 2.45) is 4.99 Å². The van der Waals surface area contributed by atoms with Crippen molar-refractivity contribution < 1.29 is 18.1 Å². The summed E-state index contributed by atoms with van der Waals surface area (Å²) in [5.74, 6) is -0.894. The van der Waals surface area contributed by atoms with Gasteiger partial charge in [-0.25, -0.2) is 8.78 Å². The lowest BCUT2D eigenvalue weighted by Crippen LogP contribution is -2.38. The van der Waals surface area contributed by atoms with Crippen LogP contribution in [0.25, 0.3) is 11.8 Å². The summed E-state index contributed by atoms with van der Waals surface area (Å²) >= 11 is 12.8. The fraction of sp³-hybridized carbons (Fsp3) is 0.174. The topological polar surface area (TPSA) is 38.4 Å². The highest BCUT2D eigenvalue weighted by Crippen LogP contribution is 2.35. The Morgan fingerprint density at radius 2 is 1.87 bits per heavy atom. The van der Waals surface area contributed by atoms with Crippen molar-refractivity contribution in [3.8, 4) is 5.69 Å². The van der Waals surface area contributed by atoms with Gasteiger partial charge in [-0.2, -0.15) is 4.57 Å². The molecule has 0 fully saturated rings. The smallest absolute Gasteiger partial charge is 0.327 e. The number of aliphatic imine (C=N–C) groups is 1. The molecule has 0 amide bonds. The molecule has 3 aromatic rings. The van der Waals surface area contributed by atoms with Crippen LogP contribution >= 0.6 is 23.2 Å². The quantitative estimate of drug-likeness (QED) is 0.361. The van der Waals surface area contributed by atoms with Gasteiger partial charge in [0.25, 0.3) is 0 Å². The lowest BCUT2D eigenvalue weighted by Gasteiger charge is -2.13. The average Bonchev–Trinajstić information content (AvgIpc) is 2.86. The van der Waals surface area contributed by atoms with Crippen LogP contribution in [0.15, 0.2) is 54.0 Å². The Hall–Kier alpha value is -2.83. The zero-order chi connectivity index (χ0) is 22.1. The molecule has 31 heavy (non-hydrogen) atoms. The average molecular weight is 461 g/mol. The number of ether oxygens (including phenoxy) is 1. The molecule has 2 aromatic carbocycles.